The molecule has 3 heteroatoms. The largest absolute Gasteiger partial charge is 0.356 e. The summed E-state index contributed by atoms with van der Waals surface area (Å²) in [6, 6.07) is 31.1. The van der Waals surface area contributed by atoms with Crippen LogP contribution in [-0.4, -0.2) is 4.98 Å². The second kappa shape index (κ2) is 7.94. The van der Waals surface area contributed by atoms with Crippen LogP contribution >= 0.6 is 0 Å². The van der Waals surface area contributed by atoms with Crippen molar-refractivity contribution >= 4 is 28.4 Å². The average Bonchev–Trinajstić information content (AvgIpc) is 3.18. The maximum absolute atomic E-state index is 14.8. The number of rotatable bonds is 1. The van der Waals surface area contributed by atoms with Gasteiger partial charge in [-0.2, -0.15) is 0 Å². The zero-order valence-electron chi connectivity index (χ0n) is 21.3. The van der Waals surface area contributed by atoms with Crippen molar-refractivity contribution in [2.24, 2.45) is 0 Å². The van der Waals surface area contributed by atoms with Crippen LogP contribution < -0.4 is 4.90 Å². The number of H-pyrrole nitrogens is 1. The van der Waals surface area contributed by atoms with E-state index in [9.17, 15) is 4.39 Å². The minimum atomic E-state index is -0.208. The van der Waals surface area contributed by atoms with Gasteiger partial charge in [-0.3, -0.25) is 0 Å². The fraction of sp³-hybridized carbons (Fsp3) is 0.176. The molecule has 0 bridgehead atoms. The highest BCUT2D eigenvalue weighted by Gasteiger charge is 2.38. The SMILES string of the molecule is CC(C)(C)c1ccc(C2=Cc3ccc(F)cc3C3c4[nH]c5ccccc5c4Cc4ccccc4N23)cc1. The van der Waals surface area contributed by atoms with Gasteiger partial charge in [0.1, 0.15) is 11.9 Å². The van der Waals surface area contributed by atoms with Gasteiger partial charge in [-0.05, 0) is 69.1 Å². The van der Waals surface area contributed by atoms with Gasteiger partial charge in [-0.25, -0.2) is 4.39 Å². The van der Waals surface area contributed by atoms with E-state index >= 15 is 0 Å². The van der Waals surface area contributed by atoms with E-state index in [-0.39, 0.29) is 17.3 Å². The monoisotopic (exact) mass is 484 g/mol. The van der Waals surface area contributed by atoms with Crippen molar-refractivity contribution in [3.63, 3.8) is 0 Å². The second-order valence-corrected chi connectivity index (χ2v) is 11.3. The Hall–Kier alpha value is -4.11. The van der Waals surface area contributed by atoms with Crippen LogP contribution in [0.25, 0.3) is 22.7 Å². The van der Waals surface area contributed by atoms with Gasteiger partial charge in [0.2, 0.25) is 0 Å². The molecule has 37 heavy (non-hydrogen) atoms. The molecule has 2 nitrogen and oxygen atoms in total. The number of fused-ring (bicyclic) bond motifs is 9. The summed E-state index contributed by atoms with van der Waals surface area (Å²) in [6.45, 7) is 6.72. The third kappa shape index (κ3) is 3.45. The van der Waals surface area contributed by atoms with Gasteiger partial charge in [0.05, 0.1) is 0 Å². The summed E-state index contributed by atoms with van der Waals surface area (Å²) >= 11 is 0. The molecule has 0 saturated heterocycles. The van der Waals surface area contributed by atoms with Crippen LogP contribution in [0.2, 0.25) is 0 Å². The number of nitrogens with zero attached hydrogens (tertiary/aromatic N) is 1. The summed E-state index contributed by atoms with van der Waals surface area (Å²) in [4.78, 5) is 6.18. The molecule has 0 aliphatic carbocycles. The summed E-state index contributed by atoms with van der Waals surface area (Å²) in [5.74, 6) is -0.208. The lowest BCUT2D eigenvalue weighted by atomic mass is 9.85. The maximum Gasteiger partial charge on any atom is 0.123 e. The predicted octanol–water partition coefficient (Wildman–Crippen LogP) is 8.62. The molecule has 1 atom stereocenters. The summed E-state index contributed by atoms with van der Waals surface area (Å²) in [7, 11) is 0. The lowest BCUT2D eigenvalue weighted by Crippen LogP contribution is -2.31. The molecule has 0 radical (unpaired) electrons. The Morgan fingerprint density at radius 3 is 2.43 bits per heavy atom. The predicted molar refractivity (Wildman–Crippen MR) is 151 cm³/mol. The van der Waals surface area contributed by atoms with Gasteiger partial charge in [-0.15, -0.1) is 0 Å². The maximum atomic E-state index is 14.8. The van der Waals surface area contributed by atoms with Gasteiger partial charge >= 0.3 is 0 Å². The molecule has 5 aromatic rings. The summed E-state index contributed by atoms with van der Waals surface area (Å²) < 4.78 is 14.8. The Kier molecular flexibility index (Phi) is 4.75. The standard InChI is InChI=1S/C34H29FN2/c1-34(2,3)24-15-12-21(13-16-24)31-19-22-14-17-25(35)20-27(22)33-32-28(26-9-5-6-10-29(26)36-32)18-23-8-4-7-11-30(23)37(31)33/h4-17,19-20,33,36H,18H2,1-3H3. The van der Waals surface area contributed by atoms with E-state index in [1.165, 1.54) is 27.8 Å². The first-order valence-corrected chi connectivity index (χ1v) is 13.0. The number of nitrogens with one attached hydrogen (secondary N) is 1. The first kappa shape index (κ1) is 22.1. The van der Waals surface area contributed by atoms with E-state index < -0.39 is 0 Å². The molecule has 1 N–H and O–H groups in total. The average molecular weight is 485 g/mol. The Morgan fingerprint density at radius 1 is 0.865 bits per heavy atom. The third-order valence-corrected chi connectivity index (χ3v) is 7.94. The van der Waals surface area contributed by atoms with Gasteiger partial charge in [-0.1, -0.05) is 87.5 Å². The van der Waals surface area contributed by atoms with E-state index in [1.807, 2.05) is 6.07 Å². The summed E-state index contributed by atoms with van der Waals surface area (Å²) in [5.41, 5.74) is 11.7. The normalized spacial score (nSPS) is 16.4. The molecule has 7 rings (SSSR count). The molecule has 2 aliphatic rings. The number of halogens is 1. The molecule has 0 saturated carbocycles. The van der Waals surface area contributed by atoms with Crippen LogP contribution in [0.1, 0.15) is 65.9 Å². The number of hydrogen-bond acceptors (Lipinski definition) is 1. The smallest absolute Gasteiger partial charge is 0.123 e. The number of anilines is 1. The molecule has 1 aromatic heterocycles. The molecule has 2 aliphatic heterocycles. The zero-order chi connectivity index (χ0) is 25.3. The van der Waals surface area contributed by atoms with Gasteiger partial charge in [0.15, 0.2) is 0 Å². The van der Waals surface area contributed by atoms with Crippen LogP contribution in [0.3, 0.4) is 0 Å². The van der Waals surface area contributed by atoms with Crippen molar-refractivity contribution < 1.29 is 4.39 Å². The second-order valence-electron chi connectivity index (χ2n) is 11.3. The Labute approximate surface area is 217 Å². The van der Waals surface area contributed by atoms with E-state index in [0.29, 0.717) is 0 Å². The Morgan fingerprint density at radius 2 is 1.62 bits per heavy atom. The van der Waals surface area contributed by atoms with Gasteiger partial charge in [0, 0.05) is 34.4 Å². The van der Waals surface area contributed by atoms with Crippen molar-refractivity contribution in [3.05, 3.63) is 136 Å². The minimum absolute atomic E-state index is 0.0839. The molecule has 0 spiro atoms. The van der Waals surface area contributed by atoms with Gasteiger partial charge < -0.3 is 9.88 Å². The van der Waals surface area contributed by atoms with E-state index in [0.717, 1.165) is 40.0 Å². The molecule has 4 aromatic carbocycles. The summed E-state index contributed by atoms with van der Waals surface area (Å²) in [5, 5.41) is 1.23. The number of para-hydroxylation sites is 2. The molecule has 0 fully saturated rings. The van der Waals surface area contributed by atoms with E-state index in [2.05, 4.69) is 110 Å². The first-order chi connectivity index (χ1) is 17.9. The fourth-order valence-electron chi connectivity index (χ4n) is 6.06. The molecule has 182 valence electrons. The molecule has 1 unspecified atom stereocenters. The third-order valence-electron chi connectivity index (χ3n) is 7.94. The Bertz CT molecular complexity index is 1700. The number of hydrogen-bond donors (Lipinski definition) is 1. The van der Waals surface area contributed by atoms with Crippen molar-refractivity contribution in [2.75, 3.05) is 4.90 Å². The minimum Gasteiger partial charge on any atom is -0.356 e. The number of benzene rings is 4. The molecular weight excluding hydrogens is 455 g/mol. The van der Waals surface area contributed by atoms with Crippen LogP contribution in [0.15, 0.2) is 91.0 Å². The quantitative estimate of drug-likeness (QED) is 0.252. The lowest BCUT2D eigenvalue weighted by Gasteiger charge is -2.39. The molecule has 3 heterocycles. The van der Waals surface area contributed by atoms with Crippen molar-refractivity contribution in [3.8, 4) is 0 Å². The lowest BCUT2D eigenvalue weighted by molar-refractivity contribution is 0.590. The van der Waals surface area contributed by atoms with Crippen LogP contribution in [-0.2, 0) is 11.8 Å². The zero-order valence-corrected chi connectivity index (χ0v) is 21.3. The van der Waals surface area contributed by atoms with E-state index in [4.69, 9.17) is 0 Å². The number of aromatic nitrogens is 1. The topological polar surface area (TPSA) is 19.0 Å². The Balaban J connectivity index is 1.54. The van der Waals surface area contributed by atoms with Crippen molar-refractivity contribution in [2.45, 2.75) is 38.6 Å². The number of aromatic amines is 1. The van der Waals surface area contributed by atoms with Crippen molar-refractivity contribution in [1.29, 1.82) is 0 Å². The van der Waals surface area contributed by atoms with E-state index in [1.54, 1.807) is 12.1 Å². The highest BCUT2D eigenvalue weighted by molar-refractivity contribution is 5.97. The molecular formula is C34H29FN2. The van der Waals surface area contributed by atoms with Gasteiger partial charge in [0.25, 0.3) is 0 Å². The van der Waals surface area contributed by atoms with Crippen LogP contribution in [0.4, 0.5) is 10.1 Å². The highest BCUT2D eigenvalue weighted by atomic mass is 19.1. The summed E-state index contributed by atoms with van der Waals surface area (Å²) in [6.07, 6.45) is 3.05. The van der Waals surface area contributed by atoms with Crippen LogP contribution in [0.5, 0.6) is 0 Å². The fourth-order valence-corrected chi connectivity index (χ4v) is 6.06. The highest BCUT2D eigenvalue weighted by Crippen LogP contribution is 2.50. The van der Waals surface area contributed by atoms with Crippen molar-refractivity contribution in [1.82, 2.24) is 4.98 Å². The first-order valence-electron chi connectivity index (χ1n) is 13.0. The van der Waals surface area contributed by atoms with Crippen LogP contribution in [0, 0.1) is 5.82 Å². The molecule has 0 amide bonds.